The molecule has 0 aliphatic carbocycles. The highest BCUT2D eigenvalue weighted by molar-refractivity contribution is 7.89. The van der Waals surface area contributed by atoms with Gasteiger partial charge in [0.05, 0.1) is 11.2 Å². The van der Waals surface area contributed by atoms with Gasteiger partial charge >= 0.3 is 0 Å². The summed E-state index contributed by atoms with van der Waals surface area (Å²) in [4.78, 5) is 13.2. The number of carbonyl (C=O) groups excluding carboxylic acids is 1. The molecule has 152 valence electrons. The van der Waals surface area contributed by atoms with Crippen molar-refractivity contribution in [1.29, 1.82) is 0 Å². The van der Waals surface area contributed by atoms with E-state index >= 15 is 0 Å². The monoisotopic (exact) mass is 412 g/mol. The Balaban J connectivity index is 2.01. The Morgan fingerprint density at radius 1 is 1.03 bits per heavy atom. The van der Waals surface area contributed by atoms with Gasteiger partial charge in [0.15, 0.2) is 0 Å². The van der Waals surface area contributed by atoms with Crippen LogP contribution in [0, 0.1) is 13.8 Å². The van der Waals surface area contributed by atoms with E-state index in [4.69, 9.17) is 4.42 Å². The van der Waals surface area contributed by atoms with Gasteiger partial charge in [-0.1, -0.05) is 30.3 Å². The molecule has 2 aromatic carbocycles. The lowest BCUT2D eigenvalue weighted by Crippen LogP contribution is -2.30. The number of furan rings is 1. The second kappa shape index (κ2) is 8.23. The molecule has 0 spiro atoms. The minimum absolute atomic E-state index is 0.127. The Kier molecular flexibility index (Phi) is 5.91. The molecule has 0 saturated carbocycles. The summed E-state index contributed by atoms with van der Waals surface area (Å²) in [5.41, 5.74) is 2.50. The van der Waals surface area contributed by atoms with Crippen LogP contribution in [0.1, 0.15) is 38.9 Å². The lowest BCUT2D eigenvalue weighted by molar-refractivity contribution is 0.0938. The number of amides is 1. The summed E-state index contributed by atoms with van der Waals surface area (Å²) in [5.74, 6) is 0.211. The standard InChI is InChI=1S/C22H24N2O4S/c1-15-13-18(14-20(16(15)2)29(26,27)24(3)4)22(25)23-21(19-11-8-12-28-19)17-9-6-5-7-10-17/h5-14,21H,1-4H3,(H,23,25). The second-order valence-electron chi connectivity index (χ2n) is 7.04. The molecule has 3 aromatic rings. The van der Waals surface area contributed by atoms with Crippen LogP contribution in [0.25, 0.3) is 0 Å². The number of nitrogens with one attached hydrogen (secondary N) is 1. The number of nitrogens with zero attached hydrogens (tertiary/aromatic N) is 1. The minimum atomic E-state index is -3.68. The highest BCUT2D eigenvalue weighted by Gasteiger charge is 2.25. The zero-order valence-electron chi connectivity index (χ0n) is 16.8. The molecule has 29 heavy (non-hydrogen) atoms. The molecule has 0 radical (unpaired) electrons. The molecule has 0 fully saturated rings. The van der Waals surface area contributed by atoms with Gasteiger partial charge in [-0.15, -0.1) is 0 Å². The van der Waals surface area contributed by atoms with E-state index in [0.29, 0.717) is 11.3 Å². The molecular weight excluding hydrogens is 388 g/mol. The molecule has 1 heterocycles. The molecule has 0 aliphatic heterocycles. The van der Waals surface area contributed by atoms with Crippen LogP contribution >= 0.6 is 0 Å². The van der Waals surface area contributed by atoms with Gasteiger partial charge in [0.1, 0.15) is 11.8 Å². The fourth-order valence-corrected chi connectivity index (χ4v) is 4.27. The van der Waals surface area contributed by atoms with E-state index in [0.717, 1.165) is 15.4 Å². The van der Waals surface area contributed by atoms with Gasteiger partial charge in [0, 0.05) is 19.7 Å². The molecule has 0 aliphatic rings. The van der Waals surface area contributed by atoms with Crippen molar-refractivity contribution >= 4 is 15.9 Å². The molecule has 6 nitrogen and oxygen atoms in total. The first-order valence-electron chi connectivity index (χ1n) is 9.15. The maximum absolute atomic E-state index is 13.1. The van der Waals surface area contributed by atoms with Gasteiger partial charge in [-0.25, -0.2) is 12.7 Å². The Hall–Kier alpha value is -2.90. The Bertz CT molecular complexity index is 1110. The lowest BCUT2D eigenvalue weighted by atomic mass is 10.0. The average Bonchev–Trinajstić information content (AvgIpc) is 3.22. The van der Waals surface area contributed by atoms with Crippen molar-refractivity contribution in [3.8, 4) is 0 Å². The number of carbonyl (C=O) groups is 1. The van der Waals surface area contributed by atoms with Crippen LogP contribution in [-0.4, -0.2) is 32.7 Å². The molecule has 7 heteroatoms. The fraction of sp³-hybridized carbons (Fsp3) is 0.227. The predicted molar refractivity (Wildman–Crippen MR) is 111 cm³/mol. The first kappa shape index (κ1) is 20.8. The van der Waals surface area contributed by atoms with E-state index in [-0.39, 0.29) is 16.4 Å². The van der Waals surface area contributed by atoms with E-state index in [1.165, 1.54) is 20.2 Å². The topological polar surface area (TPSA) is 79.6 Å². The highest BCUT2D eigenvalue weighted by Crippen LogP contribution is 2.26. The van der Waals surface area contributed by atoms with Crippen LogP contribution in [0.3, 0.4) is 0 Å². The van der Waals surface area contributed by atoms with E-state index in [9.17, 15) is 13.2 Å². The molecule has 1 aromatic heterocycles. The molecule has 1 unspecified atom stereocenters. The number of aryl methyl sites for hydroxylation is 1. The van der Waals surface area contributed by atoms with Crippen LogP contribution in [0.15, 0.2) is 70.2 Å². The lowest BCUT2D eigenvalue weighted by Gasteiger charge is -2.19. The van der Waals surface area contributed by atoms with Crippen molar-refractivity contribution in [3.63, 3.8) is 0 Å². The van der Waals surface area contributed by atoms with Crippen molar-refractivity contribution in [2.45, 2.75) is 24.8 Å². The average molecular weight is 413 g/mol. The number of sulfonamides is 1. The summed E-state index contributed by atoms with van der Waals surface area (Å²) in [6, 6.07) is 15.6. The maximum Gasteiger partial charge on any atom is 0.252 e. The highest BCUT2D eigenvalue weighted by atomic mass is 32.2. The first-order valence-corrected chi connectivity index (χ1v) is 10.6. The number of benzene rings is 2. The van der Waals surface area contributed by atoms with Crippen molar-refractivity contribution in [2.24, 2.45) is 0 Å². The number of hydrogen-bond donors (Lipinski definition) is 1. The zero-order valence-corrected chi connectivity index (χ0v) is 17.7. The first-order chi connectivity index (χ1) is 13.7. The van der Waals surface area contributed by atoms with E-state index < -0.39 is 16.1 Å². The second-order valence-corrected chi connectivity index (χ2v) is 9.16. The summed E-state index contributed by atoms with van der Waals surface area (Å²) in [6.45, 7) is 3.53. The van der Waals surface area contributed by atoms with Crippen molar-refractivity contribution in [2.75, 3.05) is 14.1 Å². The third kappa shape index (κ3) is 4.26. The van der Waals surface area contributed by atoms with Gasteiger partial charge in [-0.05, 0) is 54.8 Å². The van der Waals surface area contributed by atoms with Gasteiger partial charge in [-0.2, -0.15) is 0 Å². The summed E-state index contributed by atoms with van der Waals surface area (Å²) in [5, 5.41) is 2.97. The quantitative estimate of drug-likeness (QED) is 0.670. The summed E-state index contributed by atoms with van der Waals surface area (Å²) in [7, 11) is -0.732. The maximum atomic E-state index is 13.1. The van der Waals surface area contributed by atoms with Crippen molar-refractivity contribution < 1.29 is 17.6 Å². The summed E-state index contributed by atoms with van der Waals surface area (Å²) in [6.07, 6.45) is 1.55. The minimum Gasteiger partial charge on any atom is -0.467 e. The third-order valence-corrected chi connectivity index (χ3v) is 6.82. The van der Waals surface area contributed by atoms with Gasteiger partial charge in [0.25, 0.3) is 5.91 Å². The van der Waals surface area contributed by atoms with Crippen LogP contribution in [0.5, 0.6) is 0 Å². The normalized spacial score (nSPS) is 12.7. The van der Waals surface area contributed by atoms with Crippen LogP contribution in [-0.2, 0) is 10.0 Å². The molecule has 0 saturated heterocycles. The van der Waals surface area contributed by atoms with E-state index in [2.05, 4.69) is 5.32 Å². The molecular formula is C22H24N2O4S. The van der Waals surface area contributed by atoms with E-state index in [1.54, 1.807) is 38.3 Å². The van der Waals surface area contributed by atoms with Crippen LogP contribution in [0.2, 0.25) is 0 Å². The summed E-state index contributed by atoms with van der Waals surface area (Å²) >= 11 is 0. The third-order valence-electron chi connectivity index (χ3n) is 4.88. The molecule has 0 bridgehead atoms. The predicted octanol–water partition coefficient (Wildman–Crippen LogP) is 3.67. The van der Waals surface area contributed by atoms with E-state index in [1.807, 2.05) is 30.3 Å². The number of hydrogen-bond acceptors (Lipinski definition) is 4. The van der Waals surface area contributed by atoms with Crippen LogP contribution in [0.4, 0.5) is 0 Å². The smallest absolute Gasteiger partial charge is 0.252 e. The molecule has 1 amide bonds. The Labute approximate surface area is 171 Å². The largest absolute Gasteiger partial charge is 0.467 e. The van der Waals surface area contributed by atoms with Gasteiger partial charge < -0.3 is 9.73 Å². The van der Waals surface area contributed by atoms with Gasteiger partial charge in [0.2, 0.25) is 10.0 Å². The van der Waals surface area contributed by atoms with Crippen molar-refractivity contribution in [3.05, 3.63) is 88.9 Å². The molecule has 3 rings (SSSR count). The Morgan fingerprint density at radius 2 is 1.72 bits per heavy atom. The molecule has 1 atom stereocenters. The Morgan fingerprint density at radius 3 is 2.31 bits per heavy atom. The fourth-order valence-electron chi connectivity index (χ4n) is 3.06. The van der Waals surface area contributed by atoms with Crippen molar-refractivity contribution in [1.82, 2.24) is 9.62 Å². The van der Waals surface area contributed by atoms with Gasteiger partial charge in [-0.3, -0.25) is 4.79 Å². The summed E-state index contributed by atoms with van der Waals surface area (Å²) < 4.78 is 32.0. The molecule has 1 N–H and O–H groups in total. The number of rotatable bonds is 6. The zero-order chi connectivity index (χ0) is 21.2. The SMILES string of the molecule is Cc1cc(C(=O)NC(c2ccccc2)c2ccco2)cc(S(=O)(=O)N(C)C)c1C. The van der Waals surface area contributed by atoms with Crippen LogP contribution < -0.4 is 5.32 Å².